The van der Waals surface area contributed by atoms with Crippen molar-refractivity contribution in [1.82, 2.24) is 10.2 Å². The van der Waals surface area contributed by atoms with Crippen LogP contribution in [0.25, 0.3) is 12.2 Å². The molecule has 46 heavy (non-hydrogen) atoms. The third-order valence-electron chi connectivity index (χ3n) is 8.37. The van der Waals surface area contributed by atoms with Crippen molar-refractivity contribution in [2.45, 2.75) is 12.8 Å². The van der Waals surface area contributed by atoms with Crippen LogP contribution in [0.5, 0.6) is 28.7 Å². The number of nitrogens with zero attached hydrogens (tertiary/aromatic N) is 2. The van der Waals surface area contributed by atoms with Gasteiger partial charge in [0.2, 0.25) is 0 Å². The molecule has 0 aromatic heterocycles. The van der Waals surface area contributed by atoms with Crippen LogP contribution in [-0.4, -0.2) is 83.5 Å². The molecule has 3 heterocycles. The molecule has 1 saturated heterocycles. The van der Waals surface area contributed by atoms with Crippen LogP contribution in [-0.2, 0) is 9.59 Å². The van der Waals surface area contributed by atoms with Gasteiger partial charge in [-0.25, -0.2) is 4.79 Å². The molecule has 10 nitrogen and oxygen atoms in total. The van der Waals surface area contributed by atoms with E-state index in [1.807, 2.05) is 60.7 Å². The van der Waals surface area contributed by atoms with E-state index in [9.17, 15) is 9.59 Å². The number of rotatable bonds is 11. The first-order chi connectivity index (χ1) is 22.5. The Morgan fingerprint density at radius 1 is 0.761 bits per heavy atom. The van der Waals surface area contributed by atoms with E-state index >= 15 is 0 Å². The average molecular weight is 626 g/mol. The van der Waals surface area contributed by atoms with Crippen molar-refractivity contribution in [1.29, 1.82) is 0 Å². The molecule has 0 atom stereocenters. The SMILES string of the molecule is COc1ccc2c(c1)OCC(C(=O)NCCCCN1CCN(c3cccc(OC(=O)C4=Cc5ccc(OC)cc5OC4)c3)CC1)=C2. The van der Waals surface area contributed by atoms with E-state index in [0.29, 0.717) is 34.9 Å². The highest BCUT2D eigenvalue weighted by Crippen LogP contribution is 2.32. The third kappa shape index (κ3) is 7.46. The van der Waals surface area contributed by atoms with E-state index in [1.54, 1.807) is 26.4 Å². The van der Waals surface area contributed by atoms with Crippen LogP contribution >= 0.6 is 0 Å². The minimum absolute atomic E-state index is 0.0850. The van der Waals surface area contributed by atoms with E-state index in [4.69, 9.17) is 23.7 Å². The van der Waals surface area contributed by atoms with Gasteiger partial charge in [0.15, 0.2) is 0 Å². The van der Waals surface area contributed by atoms with Crippen LogP contribution in [0.1, 0.15) is 24.0 Å². The standard InChI is InChI=1S/C36H39N3O7/c1-42-30-10-8-25-18-27(23-44-33(25)21-30)35(40)37-12-3-4-13-38-14-16-39(17-15-38)29-6-5-7-32(20-29)46-36(41)28-19-26-9-11-31(43-2)22-34(26)45-24-28/h5-11,18-22H,3-4,12-17,23-24H2,1-2H3,(H,37,40). The summed E-state index contributed by atoms with van der Waals surface area (Å²) in [7, 11) is 3.22. The van der Waals surface area contributed by atoms with Crippen LogP contribution in [0.3, 0.4) is 0 Å². The number of anilines is 1. The Morgan fingerprint density at radius 3 is 2.09 bits per heavy atom. The molecule has 1 fully saturated rings. The summed E-state index contributed by atoms with van der Waals surface area (Å²) in [4.78, 5) is 30.3. The van der Waals surface area contributed by atoms with Gasteiger partial charge in [-0.2, -0.15) is 0 Å². The van der Waals surface area contributed by atoms with Crippen molar-refractivity contribution in [3.63, 3.8) is 0 Å². The number of esters is 1. The molecule has 3 aliphatic heterocycles. The number of ether oxygens (including phenoxy) is 5. The maximum Gasteiger partial charge on any atom is 0.342 e. The van der Waals surface area contributed by atoms with E-state index < -0.39 is 5.97 Å². The summed E-state index contributed by atoms with van der Waals surface area (Å²) in [6.45, 7) is 5.66. The number of hydrogen-bond donors (Lipinski definition) is 1. The molecule has 240 valence electrons. The van der Waals surface area contributed by atoms with Crippen molar-refractivity contribution in [3.8, 4) is 28.7 Å². The zero-order valence-electron chi connectivity index (χ0n) is 26.3. The highest BCUT2D eigenvalue weighted by molar-refractivity contribution is 5.99. The summed E-state index contributed by atoms with van der Waals surface area (Å²) in [5.41, 5.74) is 3.81. The minimum atomic E-state index is -0.421. The highest BCUT2D eigenvalue weighted by Gasteiger charge is 2.22. The molecule has 0 spiro atoms. The Labute approximate surface area is 269 Å². The first-order valence-electron chi connectivity index (χ1n) is 15.6. The number of amides is 1. The predicted molar refractivity (Wildman–Crippen MR) is 176 cm³/mol. The second kappa shape index (κ2) is 14.4. The summed E-state index contributed by atoms with van der Waals surface area (Å²) in [6, 6.07) is 18.8. The summed E-state index contributed by atoms with van der Waals surface area (Å²) < 4.78 is 27.7. The summed E-state index contributed by atoms with van der Waals surface area (Å²) in [5.74, 6) is 2.84. The third-order valence-corrected chi connectivity index (χ3v) is 8.37. The molecule has 0 saturated carbocycles. The number of carbonyl (C=O) groups is 2. The molecule has 3 aromatic carbocycles. The van der Waals surface area contributed by atoms with Gasteiger partial charge in [-0.05, 0) is 67.9 Å². The fourth-order valence-corrected chi connectivity index (χ4v) is 5.71. The lowest BCUT2D eigenvalue weighted by atomic mass is 10.1. The monoisotopic (exact) mass is 625 g/mol. The molecule has 0 aliphatic carbocycles. The van der Waals surface area contributed by atoms with Crippen molar-refractivity contribution >= 4 is 29.7 Å². The van der Waals surface area contributed by atoms with Gasteiger partial charge in [0.05, 0.1) is 25.4 Å². The fourth-order valence-electron chi connectivity index (χ4n) is 5.71. The van der Waals surface area contributed by atoms with Crippen LogP contribution in [0.4, 0.5) is 5.69 Å². The number of methoxy groups -OCH3 is 2. The van der Waals surface area contributed by atoms with Gasteiger partial charge >= 0.3 is 5.97 Å². The van der Waals surface area contributed by atoms with E-state index in [1.165, 1.54) is 0 Å². The number of unbranched alkanes of at least 4 members (excludes halogenated alkanes) is 1. The number of nitrogens with one attached hydrogen (secondary N) is 1. The first-order valence-corrected chi connectivity index (χ1v) is 15.6. The van der Waals surface area contributed by atoms with Crippen molar-refractivity contribution in [2.75, 3.05) is 71.6 Å². The predicted octanol–water partition coefficient (Wildman–Crippen LogP) is 4.58. The van der Waals surface area contributed by atoms with Gasteiger partial charge in [0.25, 0.3) is 5.91 Å². The Balaban J connectivity index is 0.912. The lowest BCUT2D eigenvalue weighted by Crippen LogP contribution is -2.46. The van der Waals surface area contributed by atoms with E-state index in [0.717, 1.165) is 73.9 Å². The Morgan fingerprint density at radius 2 is 1.41 bits per heavy atom. The van der Waals surface area contributed by atoms with Gasteiger partial charge < -0.3 is 33.9 Å². The molecule has 3 aliphatic rings. The Hall–Kier alpha value is -4.96. The number of fused-ring (bicyclic) bond motifs is 2. The normalized spacial score (nSPS) is 15.7. The largest absolute Gasteiger partial charge is 0.497 e. The van der Waals surface area contributed by atoms with Crippen LogP contribution in [0.2, 0.25) is 0 Å². The van der Waals surface area contributed by atoms with Gasteiger partial charge in [-0.1, -0.05) is 6.07 Å². The van der Waals surface area contributed by atoms with Gasteiger partial charge in [0, 0.05) is 67.7 Å². The molecule has 0 radical (unpaired) electrons. The number of hydrogen-bond acceptors (Lipinski definition) is 9. The maximum absolute atomic E-state index is 12.9. The van der Waals surface area contributed by atoms with Crippen molar-refractivity contribution in [2.24, 2.45) is 0 Å². The summed E-state index contributed by atoms with van der Waals surface area (Å²) in [5, 5.41) is 3.03. The van der Waals surface area contributed by atoms with Gasteiger partial charge in [-0.3, -0.25) is 9.69 Å². The highest BCUT2D eigenvalue weighted by atomic mass is 16.5. The molecule has 10 heteroatoms. The molecule has 6 rings (SSSR count). The lowest BCUT2D eigenvalue weighted by Gasteiger charge is -2.36. The first kappa shape index (κ1) is 31.0. The summed E-state index contributed by atoms with van der Waals surface area (Å²) in [6.07, 6.45) is 5.59. The summed E-state index contributed by atoms with van der Waals surface area (Å²) >= 11 is 0. The molecule has 0 unspecified atom stereocenters. The number of carbonyl (C=O) groups excluding carboxylic acids is 2. The van der Waals surface area contributed by atoms with Crippen molar-refractivity contribution < 1.29 is 33.3 Å². The molecule has 3 aromatic rings. The smallest absolute Gasteiger partial charge is 0.342 e. The lowest BCUT2D eigenvalue weighted by molar-refractivity contribution is -0.130. The van der Waals surface area contributed by atoms with Crippen LogP contribution < -0.4 is 33.9 Å². The average Bonchev–Trinajstić information content (AvgIpc) is 3.10. The van der Waals surface area contributed by atoms with Gasteiger partial charge in [-0.15, -0.1) is 0 Å². The second-order valence-electron chi connectivity index (χ2n) is 11.4. The van der Waals surface area contributed by atoms with E-state index in [-0.39, 0.29) is 19.1 Å². The minimum Gasteiger partial charge on any atom is -0.497 e. The van der Waals surface area contributed by atoms with E-state index in [2.05, 4.69) is 15.1 Å². The van der Waals surface area contributed by atoms with Crippen LogP contribution in [0.15, 0.2) is 71.8 Å². The zero-order valence-corrected chi connectivity index (χ0v) is 26.3. The fraction of sp³-hybridized carbons (Fsp3) is 0.333. The Kier molecular flexibility index (Phi) is 9.73. The quantitative estimate of drug-likeness (QED) is 0.187. The number of benzene rings is 3. The maximum atomic E-state index is 12.9. The second-order valence-corrected chi connectivity index (χ2v) is 11.4. The zero-order chi connectivity index (χ0) is 31.9. The molecular formula is C36H39N3O7. The molecule has 0 bridgehead atoms. The molecule has 1 amide bonds. The Bertz CT molecular complexity index is 1640. The number of piperazine rings is 1. The molecular weight excluding hydrogens is 586 g/mol. The van der Waals surface area contributed by atoms with Gasteiger partial charge in [0.1, 0.15) is 42.0 Å². The van der Waals surface area contributed by atoms with Crippen LogP contribution in [0, 0.1) is 0 Å². The molecule has 1 N–H and O–H groups in total. The van der Waals surface area contributed by atoms with Crippen molar-refractivity contribution in [3.05, 3.63) is 82.9 Å². The topological polar surface area (TPSA) is 98.8 Å².